The summed E-state index contributed by atoms with van der Waals surface area (Å²) in [4.78, 5) is 7.03. The summed E-state index contributed by atoms with van der Waals surface area (Å²) in [5.74, 6) is 7.83. The molecule has 7 heterocycles. The molecule has 0 radical (unpaired) electrons. The summed E-state index contributed by atoms with van der Waals surface area (Å²) >= 11 is 0. The summed E-state index contributed by atoms with van der Waals surface area (Å²) in [6.45, 7) is -0.286. The maximum absolute atomic E-state index is 17.5. The van der Waals surface area contributed by atoms with E-state index in [1.807, 2.05) is 80.6 Å². The van der Waals surface area contributed by atoms with E-state index in [1.54, 1.807) is 24.3 Å². The van der Waals surface area contributed by atoms with Crippen molar-refractivity contribution in [3.05, 3.63) is 211 Å². The summed E-state index contributed by atoms with van der Waals surface area (Å²) in [5.41, 5.74) is 7.82. The number of aromatic nitrogens is 3. The van der Waals surface area contributed by atoms with Crippen molar-refractivity contribution in [1.29, 1.82) is 0 Å². The van der Waals surface area contributed by atoms with E-state index in [4.69, 9.17) is 4.42 Å². The van der Waals surface area contributed by atoms with Gasteiger partial charge in [-0.25, -0.2) is 0 Å². The minimum Gasteiger partial charge on any atom is -0.456 e. The molecule has 8 heteroatoms. The van der Waals surface area contributed by atoms with Gasteiger partial charge in [-0.2, -0.15) is 0 Å². The molecule has 254 valence electrons. The van der Waals surface area contributed by atoms with Crippen molar-refractivity contribution >= 4 is 35.1 Å². The second kappa shape index (κ2) is 11.6. The highest BCUT2D eigenvalue weighted by molar-refractivity contribution is 6.59. The molecular weight excluding hydrogens is 661 g/mol. The third-order valence-electron chi connectivity index (χ3n) is 10.3. The van der Waals surface area contributed by atoms with Gasteiger partial charge in [-0.1, -0.05) is 89.7 Å². The normalized spacial score (nSPS) is 15.2. The molecule has 3 aliphatic rings. The van der Waals surface area contributed by atoms with Gasteiger partial charge < -0.3 is 32.0 Å². The Morgan fingerprint density at radius 3 is 1.79 bits per heavy atom. The van der Waals surface area contributed by atoms with E-state index in [-0.39, 0.29) is 0 Å². The Kier molecular flexibility index (Phi) is 6.76. The molecule has 7 aromatic rings. The van der Waals surface area contributed by atoms with E-state index in [9.17, 15) is 0 Å². The van der Waals surface area contributed by atoms with Gasteiger partial charge in [0.15, 0.2) is 11.4 Å². The average molecular weight is 693 g/mol. The van der Waals surface area contributed by atoms with Crippen LogP contribution >= 0.6 is 0 Å². The summed E-state index contributed by atoms with van der Waals surface area (Å²) in [6.07, 6.45) is 3.51. The zero-order valence-corrected chi connectivity index (χ0v) is 28.9. The van der Waals surface area contributed by atoms with E-state index in [0.29, 0.717) is 49.9 Å². The van der Waals surface area contributed by atoms with E-state index in [2.05, 4.69) is 70.3 Å². The molecule has 0 fully saturated rings. The van der Waals surface area contributed by atoms with Gasteiger partial charge >= 0.3 is 6.97 Å². The minimum atomic E-state index is -4.38. The topological polar surface area (TPSA) is 52.7 Å². The standard InChI is InChI=1S/C45H31BF2N4O/c1-28-8-13-31(14-9-28)44-36-20-18-34(49-36)40-24-22-38-33(17-12-30-6-4-3-5-7-30)39-23-25-41(52(39)46(47,48)51(38)40)35-19-21-37(50-35)45(43-27-26-42(44)53-43)32-15-10-29(2)11-16-32/h3-11,13-16,18-27,49-50H,1-2H3. The molecule has 0 saturated heterocycles. The highest BCUT2D eigenvalue weighted by Crippen LogP contribution is 2.30. The molecular formula is C45H31BF2N4O. The average Bonchev–Trinajstić information content (AvgIpc) is 4.01. The van der Waals surface area contributed by atoms with Crippen LogP contribution in [0.25, 0.3) is 22.4 Å². The van der Waals surface area contributed by atoms with Crippen LogP contribution in [-0.2, 0) is 0 Å². The molecule has 53 heavy (non-hydrogen) atoms. The van der Waals surface area contributed by atoms with Gasteiger partial charge in [0, 0.05) is 39.6 Å². The first kappa shape index (κ1) is 30.9. The molecule has 0 aliphatic carbocycles. The van der Waals surface area contributed by atoms with Gasteiger partial charge in [0.25, 0.3) is 0 Å². The van der Waals surface area contributed by atoms with Crippen LogP contribution in [0.1, 0.15) is 39.3 Å². The molecule has 3 aromatic carbocycles. The van der Waals surface area contributed by atoms with Crippen molar-refractivity contribution in [1.82, 2.24) is 14.4 Å². The first-order valence-electron chi connectivity index (χ1n) is 17.6. The number of furan rings is 1. The number of allylic oxidation sites excluding steroid dienone is 1. The summed E-state index contributed by atoms with van der Waals surface area (Å²) in [5, 5.41) is 3.32. The molecule has 5 nitrogen and oxygen atoms in total. The van der Waals surface area contributed by atoms with Crippen LogP contribution in [0.3, 0.4) is 0 Å². The van der Waals surface area contributed by atoms with Crippen LogP contribution in [0.4, 0.5) is 8.63 Å². The maximum atomic E-state index is 17.5. The molecule has 0 spiro atoms. The summed E-state index contributed by atoms with van der Waals surface area (Å²) in [7, 11) is 0. The molecule has 0 saturated carbocycles. The SMILES string of the molecule is Cc1ccc(C2=c3ccc([nH]3)=C3C=CC4=[N+]3[B-](F)(F)n3c(ccc3=c3ccc([nH]3)=C(c3ccc(C)cc3)c3ccc2o3)=C4C#Cc2ccccc2)cc1. The summed E-state index contributed by atoms with van der Waals surface area (Å²) < 4.78 is 44.1. The van der Waals surface area contributed by atoms with Gasteiger partial charge in [-0.15, -0.1) is 0 Å². The lowest BCUT2D eigenvalue weighted by atomic mass is 9.90. The molecule has 10 rings (SSSR count). The number of hydrogen-bond acceptors (Lipinski definition) is 1. The highest BCUT2D eigenvalue weighted by Gasteiger charge is 2.52. The fraction of sp³-hybridized carbons (Fsp3) is 0.0444. The van der Waals surface area contributed by atoms with Gasteiger partial charge in [-0.3, -0.25) is 0 Å². The van der Waals surface area contributed by atoms with Crippen molar-refractivity contribution in [3.8, 4) is 11.8 Å². The Morgan fingerprint density at radius 1 is 0.585 bits per heavy atom. The Balaban J connectivity index is 1.38. The Bertz CT molecular complexity index is 3150. The number of rotatable bonds is 2. The molecule has 0 unspecified atom stereocenters. The number of H-pyrrole nitrogens is 2. The minimum absolute atomic E-state index is 0.359. The Morgan fingerprint density at radius 2 is 1.15 bits per heavy atom. The van der Waals surface area contributed by atoms with Crippen molar-refractivity contribution in [2.45, 2.75) is 13.8 Å². The first-order valence-corrected chi connectivity index (χ1v) is 17.6. The molecule has 0 amide bonds. The van der Waals surface area contributed by atoms with Gasteiger partial charge in [0.05, 0.1) is 16.0 Å². The van der Waals surface area contributed by atoms with Crippen molar-refractivity contribution < 1.29 is 17.5 Å². The molecule has 8 bridgehead atoms. The Labute approximate surface area is 303 Å². The zero-order chi connectivity index (χ0) is 35.8. The fourth-order valence-corrected chi connectivity index (χ4v) is 7.73. The number of aryl methyl sites for hydroxylation is 2. The van der Waals surface area contributed by atoms with Crippen LogP contribution in [-0.4, -0.2) is 31.6 Å². The molecule has 2 N–H and O–H groups in total. The largest absolute Gasteiger partial charge is 0.738 e. The predicted octanol–water partition coefficient (Wildman–Crippen LogP) is 5.72. The van der Waals surface area contributed by atoms with Crippen LogP contribution in [0.5, 0.6) is 0 Å². The third kappa shape index (κ3) is 4.89. The molecule has 0 atom stereocenters. The lowest BCUT2D eigenvalue weighted by molar-refractivity contribution is -0.318. The lowest BCUT2D eigenvalue weighted by Gasteiger charge is -2.28. The van der Waals surface area contributed by atoms with E-state index >= 15 is 8.63 Å². The van der Waals surface area contributed by atoms with Crippen molar-refractivity contribution in [2.75, 3.05) is 0 Å². The Hall–Kier alpha value is -6.85. The fourth-order valence-electron chi connectivity index (χ4n) is 7.73. The number of halogens is 2. The van der Waals surface area contributed by atoms with Crippen LogP contribution in [0.2, 0.25) is 0 Å². The second-order valence-corrected chi connectivity index (χ2v) is 13.7. The lowest BCUT2D eigenvalue weighted by Crippen LogP contribution is -2.56. The van der Waals surface area contributed by atoms with E-state index < -0.39 is 6.97 Å². The summed E-state index contributed by atoms with van der Waals surface area (Å²) in [6, 6.07) is 41.2. The molecule has 3 aliphatic heterocycles. The van der Waals surface area contributed by atoms with Gasteiger partial charge in [0.1, 0.15) is 22.4 Å². The maximum Gasteiger partial charge on any atom is 0.738 e. The molecule has 4 aromatic heterocycles. The van der Waals surface area contributed by atoms with Crippen LogP contribution < -0.4 is 21.4 Å². The van der Waals surface area contributed by atoms with Crippen LogP contribution in [0, 0.1) is 36.4 Å². The zero-order valence-electron chi connectivity index (χ0n) is 28.9. The predicted molar refractivity (Wildman–Crippen MR) is 204 cm³/mol. The number of nitrogens with zero attached hydrogens (tertiary/aromatic N) is 2. The third-order valence-corrected chi connectivity index (χ3v) is 10.3. The van der Waals surface area contributed by atoms with Crippen molar-refractivity contribution in [2.24, 2.45) is 0 Å². The van der Waals surface area contributed by atoms with Crippen molar-refractivity contribution in [3.63, 3.8) is 0 Å². The quantitative estimate of drug-likeness (QED) is 0.177. The number of fused-ring (bicyclic) bond motifs is 6. The van der Waals surface area contributed by atoms with E-state index in [0.717, 1.165) is 58.6 Å². The second-order valence-electron chi connectivity index (χ2n) is 13.7. The number of benzene rings is 3. The number of hydrogen-bond donors (Lipinski definition) is 2. The number of nitrogens with one attached hydrogen (secondary N) is 2. The number of aromatic amines is 2. The smallest absolute Gasteiger partial charge is 0.456 e. The first-order chi connectivity index (χ1) is 25.8. The van der Waals surface area contributed by atoms with Gasteiger partial charge in [-0.05, 0) is 85.6 Å². The monoisotopic (exact) mass is 692 g/mol. The van der Waals surface area contributed by atoms with E-state index in [1.165, 1.54) is 0 Å². The van der Waals surface area contributed by atoms with Gasteiger partial charge in [0.2, 0.25) is 0 Å². The van der Waals surface area contributed by atoms with Crippen LogP contribution in [0.15, 0.2) is 144 Å². The highest BCUT2D eigenvalue weighted by atomic mass is 19.2.